The number of hydrogen-bond acceptors (Lipinski definition) is 3. The first kappa shape index (κ1) is 22.6. The zero-order valence-corrected chi connectivity index (χ0v) is 18.6. The van der Waals surface area contributed by atoms with E-state index < -0.39 is 22.7 Å². The molecule has 0 aromatic heterocycles. The first-order valence-electron chi connectivity index (χ1n) is 11.0. The highest BCUT2D eigenvalue weighted by atomic mass is 19.2. The van der Waals surface area contributed by atoms with Crippen molar-refractivity contribution in [3.63, 3.8) is 0 Å². The van der Waals surface area contributed by atoms with E-state index in [1.807, 2.05) is 27.7 Å². The van der Waals surface area contributed by atoms with Crippen LogP contribution in [0.3, 0.4) is 0 Å². The van der Waals surface area contributed by atoms with Gasteiger partial charge < -0.3 is 9.94 Å². The van der Waals surface area contributed by atoms with Gasteiger partial charge in [-0.3, -0.25) is 0 Å². The number of ether oxygens (including phenoxy) is 1. The lowest BCUT2D eigenvalue weighted by atomic mass is 9.72. The fourth-order valence-corrected chi connectivity index (χ4v) is 5.62. The van der Waals surface area contributed by atoms with Gasteiger partial charge in [0, 0.05) is 18.2 Å². The molecule has 0 bridgehead atoms. The van der Waals surface area contributed by atoms with Gasteiger partial charge in [-0.05, 0) is 102 Å². The van der Waals surface area contributed by atoms with Crippen molar-refractivity contribution in [2.24, 2.45) is 5.92 Å². The number of aryl methyl sites for hydroxylation is 1. The molecule has 1 saturated heterocycles. The molecule has 1 aliphatic heterocycles. The Morgan fingerprint density at radius 1 is 1.00 bits per heavy atom. The highest BCUT2D eigenvalue weighted by molar-refractivity contribution is 5.30. The zero-order valence-electron chi connectivity index (χ0n) is 18.6. The average Bonchev–Trinajstić information content (AvgIpc) is 2.67. The molecule has 1 aliphatic carbocycles. The molecular formula is C24H37F2NO2. The van der Waals surface area contributed by atoms with Gasteiger partial charge in [0.05, 0.1) is 6.10 Å². The minimum atomic E-state index is -0.700. The van der Waals surface area contributed by atoms with Crippen LogP contribution in [-0.4, -0.2) is 34.6 Å². The predicted octanol–water partition coefficient (Wildman–Crippen LogP) is 6.23. The van der Waals surface area contributed by atoms with Gasteiger partial charge in [0.25, 0.3) is 0 Å². The first-order chi connectivity index (χ1) is 13.5. The predicted molar refractivity (Wildman–Crippen MR) is 111 cm³/mol. The Morgan fingerprint density at radius 2 is 1.59 bits per heavy atom. The molecule has 0 amide bonds. The van der Waals surface area contributed by atoms with Gasteiger partial charge in [-0.15, -0.1) is 0 Å². The molecular weight excluding hydrogens is 372 g/mol. The number of hydroxylamine groups is 2. The van der Waals surface area contributed by atoms with Crippen LogP contribution in [0.4, 0.5) is 8.78 Å². The monoisotopic (exact) mass is 409 g/mol. The van der Waals surface area contributed by atoms with Crippen molar-refractivity contribution in [2.75, 3.05) is 7.11 Å². The SMILES string of the molecule is COC1CCC(CCc2ccc(C3CC(C)(C)N(O)C(C)(C)C3)c(F)c2F)CC1. The maximum absolute atomic E-state index is 15.0. The molecule has 1 N–H and O–H groups in total. The van der Waals surface area contributed by atoms with E-state index in [-0.39, 0.29) is 5.92 Å². The van der Waals surface area contributed by atoms with Crippen LogP contribution in [0.25, 0.3) is 0 Å². The molecule has 2 fully saturated rings. The van der Waals surface area contributed by atoms with Gasteiger partial charge in [0.2, 0.25) is 0 Å². The van der Waals surface area contributed by atoms with E-state index in [4.69, 9.17) is 4.74 Å². The van der Waals surface area contributed by atoms with E-state index in [0.717, 1.165) is 32.1 Å². The summed E-state index contributed by atoms with van der Waals surface area (Å²) >= 11 is 0. The van der Waals surface area contributed by atoms with Gasteiger partial charge in [-0.1, -0.05) is 12.1 Å². The normalized spacial score (nSPS) is 27.9. The third-order valence-corrected chi connectivity index (χ3v) is 7.22. The lowest BCUT2D eigenvalue weighted by Gasteiger charge is -2.51. The molecule has 0 radical (unpaired) electrons. The largest absolute Gasteiger partial charge is 0.381 e. The van der Waals surface area contributed by atoms with Crippen LogP contribution in [0.15, 0.2) is 12.1 Å². The number of piperidine rings is 1. The van der Waals surface area contributed by atoms with E-state index in [2.05, 4.69) is 0 Å². The van der Waals surface area contributed by atoms with Gasteiger partial charge in [-0.2, -0.15) is 5.06 Å². The Labute approximate surface area is 174 Å². The lowest BCUT2D eigenvalue weighted by Crippen LogP contribution is -2.58. The van der Waals surface area contributed by atoms with Crippen LogP contribution in [-0.2, 0) is 11.2 Å². The maximum atomic E-state index is 15.0. The highest BCUT2D eigenvalue weighted by Gasteiger charge is 2.46. The number of rotatable bonds is 5. The van der Waals surface area contributed by atoms with Crippen molar-refractivity contribution >= 4 is 0 Å². The van der Waals surface area contributed by atoms with Gasteiger partial charge in [-0.25, -0.2) is 8.78 Å². The molecule has 5 heteroatoms. The van der Waals surface area contributed by atoms with Gasteiger partial charge >= 0.3 is 0 Å². The molecule has 29 heavy (non-hydrogen) atoms. The summed E-state index contributed by atoms with van der Waals surface area (Å²) in [5, 5.41) is 11.9. The van der Waals surface area contributed by atoms with Crippen molar-refractivity contribution in [2.45, 2.75) is 102 Å². The Bertz CT molecular complexity index is 693. The summed E-state index contributed by atoms with van der Waals surface area (Å²) in [4.78, 5) is 0. The quantitative estimate of drug-likeness (QED) is 0.626. The van der Waals surface area contributed by atoms with Crippen molar-refractivity contribution in [3.8, 4) is 0 Å². The van der Waals surface area contributed by atoms with E-state index in [9.17, 15) is 9.60 Å². The molecule has 164 valence electrons. The van der Waals surface area contributed by atoms with Gasteiger partial charge in [0.1, 0.15) is 0 Å². The molecule has 0 atom stereocenters. The Morgan fingerprint density at radius 3 is 2.14 bits per heavy atom. The summed E-state index contributed by atoms with van der Waals surface area (Å²) in [6, 6.07) is 3.55. The van der Waals surface area contributed by atoms with E-state index in [1.165, 1.54) is 5.06 Å². The average molecular weight is 410 g/mol. The molecule has 1 heterocycles. The summed E-state index contributed by atoms with van der Waals surface area (Å²) < 4.78 is 35.4. The number of nitrogens with zero attached hydrogens (tertiary/aromatic N) is 1. The number of benzene rings is 1. The third-order valence-electron chi connectivity index (χ3n) is 7.22. The first-order valence-corrected chi connectivity index (χ1v) is 11.0. The molecule has 0 unspecified atom stereocenters. The minimum Gasteiger partial charge on any atom is -0.381 e. The van der Waals surface area contributed by atoms with Crippen LogP contribution >= 0.6 is 0 Å². The third kappa shape index (κ3) is 4.83. The Kier molecular flexibility index (Phi) is 6.72. The summed E-state index contributed by atoms with van der Waals surface area (Å²) in [6.07, 6.45) is 7.34. The summed E-state index contributed by atoms with van der Waals surface area (Å²) in [5.74, 6) is -0.931. The summed E-state index contributed by atoms with van der Waals surface area (Å²) in [5.41, 5.74) is -0.0521. The van der Waals surface area contributed by atoms with Crippen LogP contribution < -0.4 is 0 Å². The second-order valence-electron chi connectivity index (χ2n) is 10.4. The summed E-state index contributed by atoms with van der Waals surface area (Å²) in [7, 11) is 1.76. The topological polar surface area (TPSA) is 32.7 Å². The molecule has 3 nitrogen and oxygen atoms in total. The summed E-state index contributed by atoms with van der Waals surface area (Å²) in [6.45, 7) is 7.79. The Balaban J connectivity index is 1.70. The Hall–Kier alpha value is -1.04. The zero-order chi connectivity index (χ0) is 21.4. The highest BCUT2D eigenvalue weighted by Crippen LogP contribution is 2.45. The number of hydrogen-bond donors (Lipinski definition) is 1. The second-order valence-corrected chi connectivity index (χ2v) is 10.4. The lowest BCUT2D eigenvalue weighted by molar-refractivity contribution is -0.245. The van der Waals surface area contributed by atoms with E-state index in [0.29, 0.717) is 42.4 Å². The van der Waals surface area contributed by atoms with Crippen LogP contribution in [0.5, 0.6) is 0 Å². The molecule has 1 aromatic rings. The number of halogens is 2. The maximum Gasteiger partial charge on any atom is 0.162 e. The number of methoxy groups -OCH3 is 1. The van der Waals surface area contributed by atoms with E-state index >= 15 is 4.39 Å². The second kappa shape index (κ2) is 8.60. The molecule has 3 rings (SSSR count). The van der Waals surface area contributed by atoms with Crippen molar-refractivity contribution in [1.29, 1.82) is 0 Å². The van der Waals surface area contributed by atoms with Crippen molar-refractivity contribution < 1.29 is 18.7 Å². The molecule has 2 aliphatic rings. The van der Waals surface area contributed by atoms with Gasteiger partial charge in [0.15, 0.2) is 11.6 Å². The fourth-order valence-electron chi connectivity index (χ4n) is 5.62. The van der Waals surface area contributed by atoms with Crippen molar-refractivity contribution in [3.05, 3.63) is 34.9 Å². The standard InChI is InChI=1S/C24H37F2NO2/c1-23(2)14-18(15-24(3,4)27(23)28)20-13-10-17(21(25)22(20)26)9-6-16-7-11-19(29-5)12-8-16/h10,13,16,18-19,28H,6-9,11-12,14-15H2,1-5H3. The van der Waals surface area contributed by atoms with Crippen LogP contribution in [0.2, 0.25) is 0 Å². The van der Waals surface area contributed by atoms with Crippen LogP contribution in [0, 0.1) is 17.6 Å². The smallest absolute Gasteiger partial charge is 0.162 e. The molecule has 0 spiro atoms. The van der Waals surface area contributed by atoms with Crippen LogP contribution in [0.1, 0.15) is 89.7 Å². The molecule has 1 aromatic carbocycles. The van der Waals surface area contributed by atoms with E-state index in [1.54, 1.807) is 19.2 Å². The molecule has 1 saturated carbocycles. The minimum absolute atomic E-state index is 0.115. The van der Waals surface area contributed by atoms with Crippen molar-refractivity contribution in [1.82, 2.24) is 5.06 Å². The fraction of sp³-hybridized carbons (Fsp3) is 0.750.